The van der Waals surface area contributed by atoms with Gasteiger partial charge in [-0.2, -0.15) is 4.31 Å². The Morgan fingerprint density at radius 3 is 2.68 bits per heavy atom. The summed E-state index contributed by atoms with van der Waals surface area (Å²) in [5.74, 6) is 0.112. The predicted octanol–water partition coefficient (Wildman–Crippen LogP) is 3.15. The lowest BCUT2D eigenvalue weighted by atomic mass is 10.1. The molecule has 0 amide bonds. The summed E-state index contributed by atoms with van der Waals surface area (Å²) in [6.07, 6.45) is 2.83. The van der Waals surface area contributed by atoms with Crippen LogP contribution in [-0.2, 0) is 15.8 Å². The normalized spacial score (nSPS) is 22.5. The Labute approximate surface area is 124 Å². The lowest BCUT2D eigenvalue weighted by molar-refractivity contribution is 0.371. The molecule has 1 saturated heterocycles. The molecule has 0 spiro atoms. The first-order valence-electron chi connectivity index (χ1n) is 6.66. The molecule has 0 saturated carbocycles. The fraction of sp³-hybridized carbons (Fsp3) is 0.571. The minimum atomic E-state index is -3.20. The minimum Gasteiger partial charge on any atom is -0.212 e. The smallest absolute Gasteiger partial charge is 0.212 e. The third-order valence-corrected chi connectivity index (χ3v) is 5.74. The summed E-state index contributed by atoms with van der Waals surface area (Å²) in [5, 5.41) is 0. The Morgan fingerprint density at radius 1 is 1.37 bits per heavy atom. The summed E-state index contributed by atoms with van der Waals surface area (Å²) in [6.45, 7) is 2.74. The van der Waals surface area contributed by atoms with Crippen molar-refractivity contribution in [2.24, 2.45) is 0 Å². The third kappa shape index (κ3) is 4.04. The number of rotatable bonds is 5. The molecule has 0 aromatic heterocycles. The molecule has 2 unspecified atom stereocenters. The van der Waals surface area contributed by atoms with Crippen molar-refractivity contribution in [3.63, 3.8) is 0 Å². The molecule has 0 bridgehead atoms. The highest BCUT2D eigenvalue weighted by molar-refractivity contribution is 9.09. The van der Waals surface area contributed by atoms with Crippen molar-refractivity contribution in [3.05, 3.63) is 35.9 Å². The van der Waals surface area contributed by atoms with Gasteiger partial charge in [0, 0.05) is 17.4 Å². The van der Waals surface area contributed by atoms with Gasteiger partial charge in [-0.15, -0.1) is 0 Å². The zero-order valence-electron chi connectivity index (χ0n) is 11.1. The summed E-state index contributed by atoms with van der Waals surface area (Å²) in [4.78, 5) is 0.352. The van der Waals surface area contributed by atoms with Crippen molar-refractivity contribution in [2.45, 2.75) is 42.8 Å². The summed E-state index contributed by atoms with van der Waals surface area (Å²) < 4.78 is 26.7. The van der Waals surface area contributed by atoms with Crippen LogP contribution in [0.4, 0.5) is 0 Å². The number of alkyl halides is 1. The first-order valence-corrected chi connectivity index (χ1v) is 9.19. The molecule has 1 aliphatic rings. The molecule has 0 radical (unpaired) electrons. The van der Waals surface area contributed by atoms with Crippen molar-refractivity contribution >= 4 is 26.0 Å². The molecule has 1 heterocycles. The van der Waals surface area contributed by atoms with Crippen LogP contribution in [0.2, 0.25) is 0 Å². The van der Waals surface area contributed by atoms with Crippen LogP contribution in [0.1, 0.15) is 31.7 Å². The van der Waals surface area contributed by atoms with E-state index in [1.165, 1.54) is 0 Å². The average Bonchev–Trinajstić information content (AvgIpc) is 2.77. The molecule has 2 atom stereocenters. The number of hydrogen-bond donors (Lipinski definition) is 0. The first-order chi connectivity index (χ1) is 8.99. The Morgan fingerprint density at radius 2 is 2.05 bits per heavy atom. The van der Waals surface area contributed by atoms with Gasteiger partial charge in [-0.25, -0.2) is 8.42 Å². The van der Waals surface area contributed by atoms with Crippen LogP contribution in [-0.4, -0.2) is 30.1 Å². The minimum absolute atomic E-state index is 0.112. The second kappa shape index (κ2) is 6.37. The van der Waals surface area contributed by atoms with E-state index in [2.05, 4.69) is 22.9 Å². The van der Waals surface area contributed by atoms with Crippen molar-refractivity contribution in [1.82, 2.24) is 4.31 Å². The van der Waals surface area contributed by atoms with E-state index in [1.807, 2.05) is 30.3 Å². The molecule has 1 aromatic carbocycles. The quantitative estimate of drug-likeness (QED) is 0.768. The van der Waals surface area contributed by atoms with E-state index in [1.54, 1.807) is 4.31 Å². The van der Waals surface area contributed by atoms with Gasteiger partial charge in [0.05, 0.1) is 5.75 Å². The number of benzene rings is 1. The summed E-state index contributed by atoms with van der Waals surface area (Å²) in [5.41, 5.74) is 0.861. The van der Waals surface area contributed by atoms with Gasteiger partial charge in [0.2, 0.25) is 10.0 Å². The van der Waals surface area contributed by atoms with Gasteiger partial charge in [-0.3, -0.25) is 0 Å². The fourth-order valence-electron chi connectivity index (χ4n) is 2.65. The molecule has 1 aliphatic heterocycles. The largest absolute Gasteiger partial charge is 0.218 e. The van der Waals surface area contributed by atoms with Crippen LogP contribution >= 0.6 is 15.9 Å². The van der Waals surface area contributed by atoms with E-state index >= 15 is 0 Å². The lowest BCUT2D eigenvalue weighted by Crippen LogP contribution is -2.37. The van der Waals surface area contributed by atoms with Crippen LogP contribution in [0.5, 0.6) is 0 Å². The summed E-state index contributed by atoms with van der Waals surface area (Å²) >= 11 is 3.52. The van der Waals surface area contributed by atoms with E-state index < -0.39 is 10.0 Å². The topological polar surface area (TPSA) is 37.4 Å². The van der Waals surface area contributed by atoms with Gasteiger partial charge in [-0.1, -0.05) is 53.2 Å². The van der Waals surface area contributed by atoms with Crippen LogP contribution in [0.25, 0.3) is 0 Å². The SMILES string of the molecule is CC(Br)CC1CCCN1S(=O)(=O)Cc1ccccc1. The Hall–Kier alpha value is -0.390. The lowest BCUT2D eigenvalue weighted by Gasteiger charge is -2.25. The highest BCUT2D eigenvalue weighted by Crippen LogP contribution is 2.27. The summed E-state index contributed by atoms with van der Waals surface area (Å²) in [6, 6.07) is 9.56. The van der Waals surface area contributed by atoms with E-state index in [4.69, 9.17) is 0 Å². The Balaban J connectivity index is 2.10. The zero-order valence-corrected chi connectivity index (χ0v) is 13.5. The van der Waals surface area contributed by atoms with Crippen molar-refractivity contribution in [3.8, 4) is 0 Å². The maximum absolute atomic E-state index is 12.5. The maximum Gasteiger partial charge on any atom is 0.218 e. The van der Waals surface area contributed by atoms with E-state index in [0.717, 1.165) is 24.8 Å². The van der Waals surface area contributed by atoms with Gasteiger partial charge >= 0.3 is 0 Å². The van der Waals surface area contributed by atoms with Gasteiger partial charge in [0.15, 0.2) is 0 Å². The molecule has 1 fully saturated rings. The average molecular weight is 346 g/mol. The van der Waals surface area contributed by atoms with E-state index in [9.17, 15) is 8.42 Å². The summed E-state index contributed by atoms with van der Waals surface area (Å²) in [7, 11) is -3.20. The van der Waals surface area contributed by atoms with E-state index in [-0.39, 0.29) is 11.8 Å². The monoisotopic (exact) mass is 345 g/mol. The highest BCUT2D eigenvalue weighted by atomic mass is 79.9. The second-order valence-corrected chi connectivity index (χ2v) is 8.65. The molecule has 19 heavy (non-hydrogen) atoms. The predicted molar refractivity (Wildman–Crippen MR) is 81.8 cm³/mol. The zero-order chi connectivity index (χ0) is 13.9. The molecule has 1 aromatic rings. The molecule has 3 nitrogen and oxygen atoms in total. The molecular formula is C14H20BrNO2S. The molecule has 0 N–H and O–H groups in total. The van der Waals surface area contributed by atoms with Crippen molar-refractivity contribution < 1.29 is 8.42 Å². The highest BCUT2D eigenvalue weighted by Gasteiger charge is 2.34. The van der Waals surface area contributed by atoms with Crippen molar-refractivity contribution in [1.29, 1.82) is 0 Å². The number of halogens is 1. The Kier molecular flexibility index (Phi) is 5.03. The first kappa shape index (κ1) is 15.0. The number of nitrogens with zero attached hydrogens (tertiary/aromatic N) is 1. The van der Waals surface area contributed by atoms with Gasteiger partial charge in [-0.05, 0) is 24.8 Å². The second-order valence-electron chi connectivity index (χ2n) is 5.17. The van der Waals surface area contributed by atoms with Crippen LogP contribution in [0.3, 0.4) is 0 Å². The van der Waals surface area contributed by atoms with Crippen LogP contribution < -0.4 is 0 Å². The molecule has 0 aliphatic carbocycles. The molecule has 5 heteroatoms. The molecular weight excluding hydrogens is 326 g/mol. The standard InChI is InChI=1S/C14H20BrNO2S/c1-12(15)10-14-8-5-9-16(14)19(17,18)11-13-6-3-2-4-7-13/h2-4,6-7,12,14H,5,8-11H2,1H3. The van der Waals surface area contributed by atoms with Gasteiger partial charge in [0.25, 0.3) is 0 Å². The fourth-order valence-corrected chi connectivity index (χ4v) is 4.92. The molecule has 106 valence electrons. The van der Waals surface area contributed by atoms with Crippen LogP contribution in [0, 0.1) is 0 Å². The third-order valence-electron chi connectivity index (χ3n) is 3.47. The number of sulfonamides is 1. The van der Waals surface area contributed by atoms with E-state index in [0.29, 0.717) is 11.4 Å². The van der Waals surface area contributed by atoms with Crippen molar-refractivity contribution in [2.75, 3.05) is 6.54 Å². The maximum atomic E-state index is 12.5. The molecule has 2 rings (SSSR count). The van der Waals surface area contributed by atoms with Crippen LogP contribution in [0.15, 0.2) is 30.3 Å². The van der Waals surface area contributed by atoms with Gasteiger partial charge in [0.1, 0.15) is 0 Å². The number of hydrogen-bond acceptors (Lipinski definition) is 2. The van der Waals surface area contributed by atoms with Gasteiger partial charge < -0.3 is 0 Å². The Bertz CT molecular complexity index is 501.